The van der Waals surface area contributed by atoms with Crippen LogP contribution in [0.5, 0.6) is 0 Å². The molecule has 0 atom stereocenters. The van der Waals surface area contributed by atoms with Gasteiger partial charge in [0.05, 0.1) is 0 Å². The molecule has 48 valence electrons. The van der Waals surface area contributed by atoms with Crippen LogP contribution >= 0.6 is 0 Å². The third-order valence-electron chi connectivity index (χ3n) is 0.952. The molecule has 0 aromatic heterocycles. The van der Waals surface area contributed by atoms with Crippen LogP contribution in [0.25, 0.3) is 0 Å². The number of hydrogen-bond donors (Lipinski definition) is 0. The molecular formula is C6H9O2Y. The van der Waals surface area contributed by atoms with Gasteiger partial charge in [-0.1, -0.05) is 0 Å². The first-order chi connectivity index (χ1) is 4.13. The van der Waals surface area contributed by atoms with Crippen molar-refractivity contribution in [1.29, 1.82) is 0 Å². The van der Waals surface area contributed by atoms with Crippen LogP contribution in [0.15, 0.2) is 0 Å². The van der Waals surface area contributed by atoms with Gasteiger partial charge >= 0.3 is 75.1 Å². The number of rotatable bonds is 4. The van der Waals surface area contributed by atoms with Gasteiger partial charge in [-0.25, -0.2) is 0 Å². The Bertz CT molecular complexity index is 106. The third kappa shape index (κ3) is 8.44. The zero-order valence-electron chi connectivity index (χ0n) is 5.52. The Morgan fingerprint density at radius 1 is 1.33 bits per heavy atom. The molecule has 0 aromatic rings. The van der Waals surface area contributed by atoms with Gasteiger partial charge in [-0.15, -0.1) is 0 Å². The van der Waals surface area contributed by atoms with Crippen LogP contribution in [0.1, 0.15) is 26.2 Å². The minimum atomic E-state index is 0.178. The van der Waals surface area contributed by atoms with Crippen molar-refractivity contribution < 1.29 is 40.5 Å². The molecule has 0 aliphatic heterocycles. The van der Waals surface area contributed by atoms with E-state index in [1.165, 1.54) is 0 Å². The molecule has 3 heteroatoms. The average Bonchev–Trinajstić information content (AvgIpc) is 1.63. The van der Waals surface area contributed by atoms with Crippen molar-refractivity contribution in [2.75, 3.05) is 0 Å². The third-order valence-corrected chi connectivity index (χ3v) is 1.66. The number of hydrogen-bond acceptors (Lipinski definition) is 2. The average molecular weight is 202 g/mol. The van der Waals surface area contributed by atoms with E-state index in [2.05, 4.69) is 0 Å². The summed E-state index contributed by atoms with van der Waals surface area (Å²) >= 11 is 0.687. The normalized spacial score (nSPS) is 8.89. The topological polar surface area (TPSA) is 34.1 Å². The van der Waals surface area contributed by atoms with Gasteiger partial charge in [0.15, 0.2) is 0 Å². The molecule has 0 aliphatic rings. The zero-order valence-corrected chi connectivity index (χ0v) is 8.35. The van der Waals surface area contributed by atoms with Crippen LogP contribution in [0, 0.1) is 0 Å². The number of carbonyl (C=O) groups is 2. The molecule has 0 saturated carbocycles. The molecule has 0 bridgehead atoms. The molecule has 0 fully saturated rings. The second-order valence-corrected chi connectivity index (χ2v) is 3.60. The molecule has 0 aromatic carbocycles. The molecule has 0 saturated heterocycles. The van der Waals surface area contributed by atoms with Gasteiger partial charge in [-0.05, 0) is 0 Å². The van der Waals surface area contributed by atoms with Crippen LogP contribution < -0.4 is 0 Å². The van der Waals surface area contributed by atoms with Gasteiger partial charge in [-0.3, -0.25) is 0 Å². The first-order valence-corrected chi connectivity index (χ1v) is 4.32. The Morgan fingerprint density at radius 2 is 1.89 bits per heavy atom. The van der Waals surface area contributed by atoms with E-state index in [-0.39, 0.29) is 5.78 Å². The molecule has 0 radical (unpaired) electrons. The molecule has 0 aliphatic carbocycles. The van der Waals surface area contributed by atoms with Crippen LogP contribution in [0.3, 0.4) is 0 Å². The van der Waals surface area contributed by atoms with E-state index >= 15 is 0 Å². The summed E-state index contributed by atoms with van der Waals surface area (Å²) in [6.45, 7) is 1.55. The molecule has 0 unspecified atom stereocenters. The van der Waals surface area contributed by atoms with Gasteiger partial charge in [0.25, 0.3) is 0 Å². The van der Waals surface area contributed by atoms with Gasteiger partial charge in [0.2, 0.25) is 0 Å². The SMILES string of the molecule is CC(=O)CCC[C](=O)[Y]. The first kappa shape index (κ1) is 9.44. The summed E-state index contributed by atoms with van der Waals surface area (Å²) in [6, 6.07) is 0. The molecule has 2 nitrogen and oxygen atoms in total. The summed E-state index contributed by atoms with van der Waals surface area (Å²) in [4.78, 5) is 20.7. The Morgan fingerprint density at radius 3 is 2.22 bits per heavy atom. The standard InChI is InChI=1S/C6H9O2.Y/c1-6(8)4-2-3-5-7;/h2-4H2,1H3;. The fraction of sp³-hybridized carbons (Fsp3) is 0.667. The second kappa shape index (κ2) is 5.25. The van der Waals surface area contributed by atoms with Crippen molar-refractivity contribution in [2.45, 2.75) is 26.2 Å². The molecule has 0 rings (SSSR count). The predicted molar refractivity (Wildman–Crippen MR) is 29.5 cm³/mol. The van der Waals surface area contributed by atoms with Crippen molar-refractivity contribution in [3.63, 3.8) is 0 Å². The van der Waals surface area contributed by atoms with Gasteiger partial charge in [0, 0.05) is 0 Å². The van der Waals surface area contributed by atoms with Crippen molar-refractivity contribution in [3.8, 4) is 0 Å². The maximum atomic E-state index is 10.4. The fourth-order valence-corrected chi connectivity index (χ4v) is 1.01. The summed E-state index contributed by atoms with van der Waals surface area (Å²) in [5.41, 5.74) is 0. The summed E-state index contributed by atoms with van der Waals surface area (Å²) in [5, 5.41) is 0. The van der Waals surface area contributed by atoms with Crippen LogP contribution in [0.2, 0.25) is 0 Å². The first-order valence-electron chi connectivity index (χ1n) is 2.90. The molecule has 9 heavy (non-hydrogen) atoms. The van der Waals surface area contributed by atoms with E-state index in [0.717, 1.165) is 6.42 Å². The number of Topliss-reactive ketones (excluding diaryl/α,β-unsaturated/α-hetero) is 1. The summed E-state index contributed by atoms with van der Waals surface area (Å²) in [6.07, 6.45) is 1.91. The van der Waals surface area contributed by atoms with Crippen molar-refractivity contribution in [1.82, 2.24) is 0 Å². The summed E-state index contributed by atoms with van der Waals surface area (Å²) in [7, 11) is 0. The molecule has 0 amide bonds. The molecular weight excluding hydrogens is 193 g/mol. The Hall–Kier alpha value is 0.444. The van der Waals surface area contributed by atoms with E-state index in [1.54, 1.807) is 6.92 Å². The summed E-state index contributed by atoms with van der Waals surface area (Å²) < 4.78 is 0.293. The molecule has 0 N–H and O–H groups in total. The summed E-state index contributed by atoms with van der Waals surface area (Å²) in [5.74, 6) is 0.178. The van der Waals surface area contributed by atoms with E-state index in [9.17, 15) is 9.59 Å². The van der Waals surface area contributed by atoms with Crippen LogP contribution in [0.4, 0.5) is 0 Å². The second-order valence-electron chi connectivity index (χ2n) is 2.02. The van der Waals surface area contributed by atoms with E-state index in [1.807, 2.05) is 0 Å². The van der Waals surface area contributed by atoms with E-state index in [4.69, 9.17) is 0 Å². The Kier molecular flexibility index (Phi) is 5.50. The Balaban J connectivity index is 3.10. The minimum absolute atomic E-state index is 0.178. The predicted octanol–water partition coefficient (Wildman–Crippen LogP) is 0.819. The van der Waals surface area contributed by atoms with E-state index < -0.39 is 0 Å². The molecule has 0 heterocycles. The van der Waals surface area contributed by atoms with Gasteiger partial charge < -0.3 is 0 Å². The Labute approximate surface area is 74.8 Å². The van der Waals surface area contributed by atoms with E-state index in [0.29, 0.717) is 46.4 Å². The van der Waals surface area contributed by atoms with Crippen LogP contribution in [-0.4, -0.2) is 8.38 Å². The van der Waals surface area contributed by atoms with Crippen molar-refractivity contribution >= 4 is 8.38 Å². The maximum absolute atomic E-state index is 10.4. The molecule has 0 spiro atoms. The quantitative estimate of drug-likeness (QED) is 0.676. The fourth-order valence-electron chi connectivity index (χ4n) is 0.512. The van der Waals surface area contributed by atoms with Crippen molar-refractivity contribution in [2.24, 2.45) is 0 Å². The number of carbonyl (C=O) groups excluding carboxylic acids is 2. The van der Waals surface area contributed by atoms with Crippen LogP contribution in [-0.2, 0) is 40.5 Å². The van der Waals surface area contributed by atoms with Gasteiger partial charge in [0.1, 0.15) is 0 Å². The monoisotopic (exact) mass is 202 g/mol. The number of ketones is 1. The van der Waals surface area contributed by atoms with Crippen molar-refractivity contribution in [3.05, 3.63) is 0 Å². The zero-order chi connectivity index (χ0) is 7.28. The van der Waals surface area contributed by atoms with Gasteiger partial charge in [-0.2, -0.15) is 0 Å².